The van der Waals surface area contributed by atoms with Crippen LogP contribution in [-0.4, -0.2) is 42.0 Å². The molecule has 0 unspecified atom stereocenters. The SMILES string of the molecule is Cc1cc(C(=O)N2CC3(CCN(CC=Cc4c(F)c(F)c(F)c(F)c4F)CC3)c3cc(Cl)ccc32)cc(Cl)n1. The van der Waals surface area contributed by atoms with Gasteiger partial charge >= 0.3 is 0 Å². The topological polar surface area (TPSA) is 36.4 Å². The van der Waals surface area contributed by atoms with Crippen LogP contribution in [0.15, 0.2) is 36.4 Å². The molecule has 1 aromatic heterocycles. The van der Waals surface area contributed by atoms with E-state index in [1.807, 2.05) is 17.0 Å². The summed E-state index contributed by atoms with van der Waals surface area (Å²) in [5.41, 5.74) is 1.47. The molecule has 0 aliphatic carbocycles. The van der Waals surface area contributed by atoms with Gasteiger partial charge in [0.2, 0.25) is 5.82 Å². The van der Waals surface area contributed by atoms with Crippen molar-refractivity contribution in [2.75, 3.05) is 31.1 Å². The number of rotatable bonds is 4. The van der Waals surface area contributed by atoms with Gasteiger partial charge in [-0.1, -0.05) is 35.4 Å². The van der Waals surface area contributed by atoms with Gasteiger partial charge in [-0.3, -0.25) is 9.69 Å². The third-order valence-corrected chi connectivity index (χ3v) is 7.83. The first kappa shape index (κ1) is 27.6. The number of aryl methyl sites for hydroxylation is 1. The van der Waals surface area contributed by atoms with Crippen molar-refractivity contribution >= 4 is 40.9 Å². The number of aromatic nitrogens is 1. The van der Waals surface area contributed by atoms with Crippen molar-refractivity contribution in [3.05, 3.63) is 98.1 Å². The van der Waals surface area contributed by atoms with E-state index in [4.69, 9.17) is 23.2 Å². The number of anilines is 1. The van der Waals surface area contributed by atoms with Crippen molar-refractivity contribution in [2.45, 2.75) is 25.2 Å². The Morgan fingerprint density at radius 2 is 1.62 bits per heavy atom. The van der Waals surface area contributed by atoms with E-state index in [0.29, 0.717) is 48.8 Å². The van der Waals surface area contributed by atoms with E-state index >= 15 is 0 Å². The number of pyridine rings is 1. The van der Waals surface area contributed by atoms with E-state index in [1.165, 1.54) is 12.1 Å². The predicted octanol–water partition coefficient (Wildman–Crippen LogP) is 7.10. The quantitative estimate of drug-likeness (QED) is 0.143. The van der Waals surface area contributed by atoms with Gasteiger partial charge in [0.25, 0.3) is 5.91 Å². The average molecular weight is 582 g/mol. The Hall–Kier alpha value is -3.01. The number of halogens is 7. The molecule has 2 aliphatic heterocycles. The van der Waals surface area contributed by atoms with Crippen LogP contribution in [0.4, 0.5) is 27.6 Å². The first-order valence-corrected chi connectivity index (χ1v) is 12.9. The van der Waals surface area contributed by atoms with Crippen LogP contribution in [0, 0.1) is 36.0 Å². The van der Waals surface area contributed by atoms with Crippen LogP contribution in [0.5, 0.6) is 0 Å². The Morgan fingerprint density at radius 3 is 2.26 bits per heavy atom. The largest absolute Gasteiger partial charge is 0.307 e. The molecule has 2 aromatic carbocycles. The zero-order valence-electron chi connectivity index (χ0n) is 20.7. The number of amides is 1. The Kier molecular flexibility index (Phi) is 7.43. The van der Waals surface area contributed by atoms with E-state index in [-0.39, 0.29) is 23.0 Å². The molecule has 3 aromatic rings. The molecule has 3 heterocycles. The number of fused-ring (bicyclic) bond motifs is 2. The highest BCUT2D eigenvalue weighted by molar-refractivity contribution is 6.31. The number of hydrogen-bond acceptors (Lipinski definition) is 3. The monoisotopic (exact) mass is 581 g/mol. The number of benzene rings is 2. The molecule has 0 N–H and O–H groups in total. The maximum Gasteiger partial charge on any atom is 0.258 e. The highest BCUT2D eigenvalue weighted by Crippen LogP contribution is 2.48. The number of carbonyl (C=O) groups is 1. The molecule has 2 aliphatic rings. The lowest BCUT2D eigenvalue weighted by Gasteiger charge is -2.39. The van der Waals surface area contributed by atoms with Gasteiger partial charge in [0.1, 0.15) is 5.15 Å². The highest BCUT2D eigenvalue weighted by Gasteiger charge is 2.46. The predicted molar refractivity (Wildman–Crippen MR) is 140 cm³/mol. The van der Waals surface area contributed by atoms with Gasteiger partial charge < -0.3 is 4.90 Å². The second-order valence-corrected chi connectivity index (χ2v) is 10.7. The highest BCUT2D eigenvalue weighted by atomic mass is 35.5. The van der Waals surface area contributed by atoms with Crippen LogP contribution >= 0.6 is 23.2 Å². The number of carbonyl (C=O) groups excluding carboxylic acids is 1. The standard InChI is InChI=1S/C28H22Cl2F5N3O/c1-15-11-16(12-21(30)36-15)27(39)38-14-28(19-13-17(29)4-5-20(19)38)6-9-37(10-7-28)8-2-3-18-22(31)24(33)26(35)25(34)23(18)32/h2-5,11-13H,6-10,14H2,1H3. The fourth-order valence-corrected chi connectivity index (χ4v) is 5.83. The van der Waals surface area contributed by atoms with Crippen molar-refractivity contribution in [2.24, 2.45) is 0 Å². The minimum atomic E-state index is -2.19. The minimum absolute atomic E-state index is 0.198. The van der Waals surface area contributed by atoms with Gasteiger partial charge in [0.15, 0.2) is 23.3 Å². The number of hydrogen-bond donors (Lipinski definition) is 0. The second-order valence-electron chi connectivity index (χ2n) is 9.84. The smallest absolute Gasteiger partial charge is 0.258 e. The first-order chi connectivity index (χ1) is 18.5. The van der Waals surface area contributed by atoms with E-state index in [1.54, 1.807) is 24.0 Å². The lowest BCUT2D eigenvalue weighted by Crippen LogP contribution is -2.46. The van der Waals surface area contributed by atoms with Crippen LogP contribution in [0.2, 0.25) is 10.2 Å². The Morgan fingerprint density at radius 1 is 0.974 bits per heavy atom. The van der Waals surface area contributed by atoms with Crippen molar-refractivity contribution in [1.29, 1.82) is 0 Å². The van der Waals surface area contributed by atoms with Crippen molar-refractivity contribution in [3.63, 3.8) is 0 Å². The third kappa shape index (κ3) is 5.03. The van der Waals surface area contributed by atoms with Crippen LogP contribution in [-0.2, 0) is 5.41 Å². The molecular formula is C28H22Cl2F5N3O. The molecule has 1 fully saturated rings. The number of nitrogens with zero attached hydrogens (tertiary/aromatic N) is 3. The Balaban J connectivity index is 1.33. The maximum absolute atomic E-state index is 14.0. The normalized spacial score (nSPS) is 16.9. The molecule has 0 bridgehead atoms. The van der Waals surface area contributed by atoms with Crippen LogP contribution in [0.25, 0.3) is 6.08 Å². The van der Waals surface area contributed by atoms with Crippen molar-refractivity contribution in [3.8, 4) is 0 Å². The third-order valence-electron chi connectivity index (χ3n) is 7.40. The zero-order valence-corrected chi connectivity index (χ0v) is 22.2. The molecule has 204 valence electrons. The van der Waals surface area contributed by atoms with Crippen molar-refractivity contribution < 1.29 is 26.7 Å². The van der Waals surface area contributed by atoms with Crippen molar-refractivity contribution in [1.82, 2.24) is 9.88 Å². The first-order valence-electron chi connectivity index (χ1n) is 12.2. The van der Waals surface area contributed by atoms with Gasteiger partial charge in [0, 0.05) is 40.5 Å². The summed E-state index contributed by atoms with van der Waals surface area (Å²) in [7, 11) is 0. The molecule has 0 saturated carbocycles. The zero-order chi connectivity index (χ0) is 28.1. The molecule has 39 heavy (non-hydrogen) atoms. The summed E-state index contributed by atoms with van der Waals surface area (Å²) in [6.07, 6.45) is 3.61. The van der Waals surface area contributed by atoms with Gasteiger partial charge in [-0.15, -0.1) is 0 Å². The summed E-state index contributed by atoms with van der Waals surface area (Å²) in [5, 5.41) is 0.786. The Labute approximate surface area is 231 Å². The van der Waals surface area contributed by atoms with Crippen LogP contribution < -0.4 is 4.90 Å². The van der Waals surface area contributed by atoms with Crippen LogP contribution in [0.1, 0.15) is 40.0 Å². The summed E-state index contributed by atoms with van der Waals surface area (Å²) >= 11 is 12.4. The lowest BCUT2D eigenvalue weighted by atomic mass is 9.74. The molecule has 1 spiro atoms. The summed E-state index contributed by atoms with van der Waals surface area (Å²) in [6.45, 7) is 3.60. The maximum atomic E-state index is 14.0. The van der Waals surface area contributed by atoms with Gasteiger partial charge in [-0.25, -0.2) is 26.9 Å². The summed E-state index contributed by atoms with van der Waals surface area (Å²) in [4.78, 5) is 21.4. The van der Waals surface area contributed by atoms with E-state index < -0.39 is 34.6 Å². The van der Waals surface area contributed by atoms with E-state index in [2.05, 4.69) is 4.98 Å². The molecule has 1 saturated heterocycles. The molecule has 4 nitrogen and oxygen atoms in total. The van der Waals surface area contributed by atoms with Crippen LogP contribution in [0.3, 0.4) is 0 Å². The van der Waals surface area contributed by atoms with E-state index in [9.17, 15) is 26.7 Å². The fourth-order valence-electron chi connectivity index (χ4n) is 5.41. The molecule has 0 radical (unpaired) electrons. The van der Waals surface area contributed by atoms with Gasteiger partial charge in [0.05, 0.1) is 5.56 Å². The molecule has 5 rings (SSSR count). The average Bonchev–Trinajstić information content (AvgIpc) is 3.21. The fraction of sp³-hybridized carbons (Fsp3) is 0.286. The molecular weight excluding hydrogens is 560 g/mol. The van der Waals surface area contributed by atoms with E-state index in [0.717, 1.165) is 17.3 Å². The second kappa shape index (κ2) is 10.5. The van der Waals surface area contributed by atoms with Gasteiger partial charge in [-0.2, -0.15) is 0 Å². The minimum Gasteiger partial charge on any atom is -0.307 e. The molecule has 11 heteroatoms. The summed E-state index contributed by atoms with van der Waals surface area (Å²) in [6, 6.07) is 8.68. The lowest BCUT2D eigenvalue weighted by molar-refractivity contribution is 0.0977. The summed E-state index contributed by atoms with van der Waals surface area (Å²) < 4.78 is 68.2. The number of likely N-dealkylation sites (tertiary alicyclic amines) is 1. The number of piperidine rings is 1. The molecule has 0 atom stereocenters. The Bertz CT molecular complexity index is 1460. The molecule has 1 amide bonds. The van der Waals surface area contributed by atoms with Gasteiger partial charge in [-0.05, 0) is 68.8 Å². The summed E-state index contributed by atoms with van der Waals surface area (Å²) in [5.74, 6) is -10.1.